The summed E-state index contributed by atoms with van der Waals surface area (Å²) in [4.78, 5) is 23.8. The van der Waals surface area contributed by atoms with Crippen molar-refractivity contribution in [1.29, 1.82) is 0 Å². The smallest absolute Gasteiger partial charge is 0.254 e. The lowest BCUT2D eigenvalue weighted by atomic mass is 10.3. The Kier molecular flexibility index (Phi) is 4.72. The van der Waals surface area contributed by atoms with Crippen LogP contribution in [0.15, 0.2) is 16.9 Å². The lowest BCUT2D eigenvalue weighted by molar-refractivity contribution is 0.0949. The van der Waals surface area contributed by atoms with E-state index in [1.807, 2.05) is 0 Å². The average Bonchev–Trinajstić information content (AvgIpc) is 2.91. The number of rotatable bonds is 6. The van der Waals surface area contributed by atoms with Gasteiger partial charge in [0.05, 0.1) is 25.1 Å². The first-order chi connectivity index (χ1) is 9.69. The van der Waals surface area contributed by atoms with E-state index in [2.05, 4.69) is 25.4 Å². The van der Waals surface area contributed by atoms with E-state index < -0.39 is 0 Å². The highest BCUT2D eigenvalue weighted by atomic mass is 16.5. The molecule has 0 spiro atoms. The van der Waals surface area contributed by atoms with Crippen LogP contribution in [0.2, 0.25) is 0 Å². The maximum atomic E-state index is 11.8. The van der Waals surface area contributed by atoms with E-state index in [9.17, 15) is 4.79 Å². The molecule has 0 bridgehead atoms. The van der Waals surface area contributed by atoms with E-state index in [4.69, 9.17) is 9.26 Å². The SMILES string of the molecule is COCCc1nc(CNC(=O)c2cnc(C)nc2)no1. The van der Waals surface area contributed by atoms with Crippen LogP contribution < -0.4 is 5.32 Å². The predicted octanol–water partition coefficient (Wildman–Crippen LogP) is 0.287. The normalized spacial score (nSPS) is 10.5. The Balaban J connectivity index is 1.86. The zero-order valence-corrected chi connectivity index (χ0v) is 11.3. The third-order valence-corrected chi connectivity index (χ3v) is 2.48. The van der Waals surface area contributed by atoms with Crippen molar-refractivity contribution in [1.82, 2.24) is 25.4 Å². The Morgan fingerprint density at radius 1 is 1.40 bits per heavy atom. The zero-order chi connectivity index (χ0) is 14.4. The maximum Gasteiger partial charge on any atom is 0.254 e. The third-order valence-electron chi connectivity index (χ3n) is 2.48. The summed E-state index contributed by atoms with van der Waals surface area (Å²) in [7, 11) is 1.60. The van der Waals surface area contributed by atoms with Gasteiger partial charge in [-0.25, -0.2) is 9.97 Å². The Hall–Kier alpha value is -2.35. The molecule has 1 N–H and O–H groups in total. The van der Waals surface area contributed by atoms with E-state index in [1.54, 1.807) is 14.0 Å². The molecule has 8 nitrogen and oxygen atoms in total. The molecule has 2 aromatic heterocycles. The first-order valence-corrected chi connectivity index (χ1v) is 6.06. The molecule has 0 aliphatic heterocycles. The number of hydrogen-bond acceptors (Lipinski definition) is 7. The van der Waals surface area contributed by atoms with Gasteiger partial charge in [0.25, 0.3) is 5.91 Å². The Labute approximate surface area is 115 Å². The van der Waals surface area contributed by atoms with Gasteiger partial charge in [0, 0.05) is 19.5 Å². The van der Waals surface area contributed by atoms with Gasteiger partial charge in [-0.05, 0) is 6.92 Å². The highest BCUT2D eigenvalue weighted by molar-refractivity contribution is 5.93. The minimum Gasteiger partial charge on any atom is -0.384 e. The highest BCUT2D eigenvalue weighted by Crippen LogP contribution is 2.00. The monoisotopic (exact) mass is 277 g/mol. The van der Waals surface area contributed by atoms with Gasteiger partial charge >= 0.3 is 0 Å². The number of aromatic nitrogens is 4. The Bertz CT molecular complexity index is 567. The largest absolute Gasteiger partial charge is 0.384 e. The number of nitrogens with zero attached hydrogens (tertiary/aromatic N) is 4. The second kappa shape index (κ2) is 6.71. The molecule has 0 saturated carbocycles. The van der Waals surface area contributed by atoms with Crippen molar-refractivity contribution in [2.24, 2.45) is 0 Å². The quantitative estimate of drug-likeness (QED) is 0.809. The van der Waals surface area contributed by atoms with E-state index in [1.165, 1.54) is 12.4 Å². The number of nitrogens with one attached hydrogen (secondary N) is 1. The molecule has 0 radical (unpaired) electrons. The topological polar surface area (TPSA) is 103 Å². The van der Waals surface area contributed by atoms with Crippen LogP contribution in [-0.4, -0.2) is 39.7 Å². The van der Waals surface area contributed by atoms with Gasteiger partial charge in [-0.2, -0.15) is 4.98 Å². The molecule has 0 aromatic carbocycles. The molecule has 0 atom stereocenters. The van der Waals surface area contributed by atoms with Crippen molar-refractivity contribution in [3.63, 3.8) is 0 Å². The summed E-state index contributed by atoms with van der Waals surface area (Å²) in [5.41, 5.74) is 0.388. The van der Waals surface area contributed by atoms with E-state index in [0.717, 1.165) is 0 Å². The number of carbonyl (C=O) groups excluding carboxylic acids is 1. The number of carbonyl (C=O) groups is 1. The van der Waals surface area contributed by atoms with Crippen LogP contribution in [0.1, 0.15) is 27.9 Å². The number of ether oxygens (including phenoxy) is 1. The molecule has 20 heavy (non-hydrogen) atoms. The molecule has 0 aliphatic rings. The number of amides is 1. The van der Waals surface area contributed by atoms with Crippen LogP contribution in [0.5, 0.6) is 0 Å². The lowest BCUT2D eigenvalue weighted by Crippen LogP contribution is -2.23. The van der Waals surface area contributed by atoms with Gasteiger partial charge in [0.15, 0.2) is 5.82 Å². The second-order valence-corrected chi connectivity index (χ2v) is 4.05. The van der Waals surface area contributed by atoms with Crippen molar-refractivity contribution >= 4 is 5.91 Å². The fourth-order valence-corrected chi connectivity index (χ4v) is 1.42. The predicted molar refractivity (Wildman–Crippen MR) is 67.8 cm³/mol. The number of hydrogen-bond donors (Lipinski definition) is 1. The molecule has 0 aliphatic carbocycles. The Morgan fingerprint density at radius 3 is 2.85 bits per heavy atom. The minimum atomic E-state index is -0.284. The summed E-state index contributed by atoms with van der Waals surface area (Å²) in [5, 5.41) is 6.43. The van der Waals surface area contributed by atoms with Gasteiger partial charge in [-0.15, -0.1) is 0 Å². The maximum absolute atomic E-state index is 11.8. The molecule has 0 unspecified atom stereocenters. The van der Waals surface area contributed by atoms with Crippen LogP contribution in [0.25, 0.3) is 0 Å². The first kappa shape index (κ1) is 14.1. The molecule has 0 saturated heterocycles. The fraction of sp³-hybridized carbons (Fsp3) is 0.417. The fourth-order valence-electron chi connectivity index (χ4n) is 1.42. The van der Waals surface area contributed by atoms with Crippen LogP contribution in [0, 0.1) is 6.92 Å². The summed E-state index contributed by atoms with van der Waals surface area (Å²) >= 11 is 0. The van der Waals surface area contributed by atoms with E-state index in [-0.39, 0.29) is 12.5 Å². The lowest BCUT2D eigenvalue weighted by Gasteiger charge is -2.01. The van der Waals surface area contributed by atoms with Gasteiger partial charge in [-0.3, -0.25) is 4.79 Å². The van der Waals surface area contributed by atoms with Crippen molar-refractivity contribution < 1.29 is 14.1 Å². The number of aryl methyl sites for hydroxylation is 1. The molecule has 2 rings (SSSR count). The standard InChI is InChI=1S/C12H15N5O3/c1-8-13-5-9(6-14-8)12(18)15-7-10-16-11(20-17-10)3-4-19-2/h5-6H,3-4,7H2,1-2H3,(H,15,18). The van der Waals surface area contributed by atoms with Crippen molar-refractivity contribution in [3.8, 4) is 0 Å². The molecular weight excluding hydrogens is 262 g/mol. The van der Waals surface area contributed by atoms with Gasteiger partial charge in [-0.1, -0.05) is 5.16 Å². The minimum absolute atomic E-state index is 0.184. The molecule has 1 amide bonds. The van der Waals surface area contributed by atoms with Crippen molar-refractivity contribution in [2.75, 3.05) is 13.7 Å². The molecule has 106 valence electrons. The summed E-state index contributed by atoms with van der Waals surface area (Å²) in [5.74, 6) is 1.22. The van der Waals surface area contributed by atoms with Crippen molar-refractivity contribution in [3.05, 3.63) is 35.5 Å². The van der Waals surface area contributed by atoms with Gasteiger partial charge < -0.3 is 14.6 Å². The van der Waals surface area contributed by atoms with Crippen LogP contribution in [0.3, 0.4) is 0 Å². The highest BCUT2D eigenvalue weighted by Gasteiger charge is 2.10. The summed E-state index contributed by atoms with van der Waals surface area (Å²) in [6, 6.07) is 0. The molecule has 0 fully saturated rings. The van der Waals surface area contributed by atoms with E-state index in [0.29, 0.717) is 36.1 Å². The number of methoxy groups -OCH3 is 1. The average molecular weight is 277 g/mol. The molecule has 8 heteroatoms. The molecule has 2 heterocycles. The van der Waals surface area contributed by atoms with Crippen LogP contribution in [-0.2, 0) is 17.7 Å². The summed E-state index contributed by atoms with van der Waals surface area (Å²) in [6.07, 6.45) is 3.49. The first-order valence-electron chi connectivity index (χ1n) is 6.06. The third kappa shape index (κ3) is 3.82. The van der Waals surface area contributed by atoms with Gasteiger partial charge in [0.1, 0.15) is 5.82 Å². The zero-order valence-electron chi connectivity index (χ0n) is 11.3. The van der Waals surface area contributed by atoms with Crippen molar-refractivity contribution in [2.45, 2.75) is 19.9 Å². The van der Waals surface area contributed by atoms with Crippen LogP contribution >= 0.6 is 0 Å². The molecule has 2 aromatic rings. The second-order valence-electron chi connectivity index (χ2n) is 4.05. The summed E-state index contributed by atoms with van der Waals surface area (Å²) in [6.45, 7) is 2.44. The summed E-state index contributed by atoms with van der Waals surface area (Å²) < 4.78 is 9.91. The van der Waals surface area contributed by atoms with Gasteiger partial charge in [0.2, 0.25) is 5.89 Å². The van der Waals surface area contributed by atoms with Crippen LogP contribution in [0.4, 0.5) is 0 Å². The Morgan fingerprint density at radius 2 is 2.15 bits per heavy atom. The molecular formula is C12H15N5O3. The van der Waals surface area contributed by atoms with E-state index >= 15 is 0 Å².